The fraction of sp³-hybridized carbons (Fsp3) is 0.667. The van der Waals surface area contributed by atoms with E-state index in [0.29, 0.717) is 62.5 Å². The molecule has 0 aliphatic carbocycles. The zero-order valence-corrected chi connectivity index (χ0v) is 23.0. The van der Waals surface area contributed by atoms with Crippen molar-refractivity contribution < 1.29 is 27.4 Å². The van der Waals surface area contributed by atoms with Crippen molar-refractivity contribution in [3.05, 3.63) is 24.0 Å². The van der Waals surface area contributed by atoms with Crippen LogP contribution >= 0.6 is 0 Å². The Morgan fingerprint density at radius 3 is 2.51 bits per heavy atom. The van der Waals surface area contributed by atoms with Crippen molar-refractivity contribution in [2.75, 3.05) is 49.4 Å². The lowest BCUT2D eigenvalue weighted by Gasteiger charge is -2.38. The minimum Gasteiger partial charge on any atom is -0.377 e. The lowest BCUT2D eigenvalue weighted by atomic mass is 10.1. The van der Waals surface area contributed by atoms with Crippen LogP contribution in [0.4, 0.5) is 24.7 Å². The summed E-state index contributed by atoms with van der Waals surface area (Å²) in [6, 6.07) is 1.60. The number of nitrogens with zero attached hydrogens (tertiary/aromatic N) is 7. The van der Waals surface area contributed by atoms with Gasteiger partial charge in [-0.1, -0.05) is 0 Å². The van der Waals surface area contributed by atoms with E-state index >= 15 is 0 Å². The Bertz CT molecular complexity index is 1390. The van der Waals surface area contributed by atoms with E-state index in [1.54, 1.807) is 16.9 Å². The number of pyridine rings is 1. The molecular formula is C27H35F3N8O3. The number of hydrogen-bond acceptors (Lipinski definition) is 9. The number of morpholine rings is 2. The molecule has 41 heavy (non-hydrogen) atoms. The quantitative estimate of drug-likeness (QED) is 0.489. The molecule has 0 amide bonds. The molecule has 3 aromatic rings. The molecule has 0 radical (unpaired) electrons. The molecule has 11 nitrogen and oxygen atoms in total. The lowest BCUT2D eigenvalue weighted by Crippen LogP contribution is -2.47. The number of rotatable bonds is 5. The average molecular weight is 577 g/mol. The van der Waals surface area contributed by atoms with E-state index in [2.05, 4.69) is 14.9 Å². The summed E-state index contributed by atoms with van der Waals surface area (Å²) >= 11 is 0. The number of halogens is 3. The highest BCUT2D eigenvalue weighted by Gasteiger charge is 2.44. The predicted molar refractivity (Wildman–Crippen MR) is 144 cm³/mol. The molecule has 3 aromatic heterocycles. The molecule has 0 saturated carbocycles. The van der Waals surface area contributed by atoms with E-state index in [9.17, 15) is 13.2 Å². The van der Waals surface area contributed by atoms with Crippen LogP contribution in [0.15, 0.2) is 18.3 Å². The molecular weight excluding hydrogens is 541 g/mol. The van der Waals surface area contributed by atoms with Crippen LogP contribution in [0.2, 0.25) is 0 Å². The highest BCUT2D eigenvalue weighted by atomic mass is 19.4. The molecule has 7 heterocycles. The average Bonchev–Trinajstić information content (AvgIpc) is 3.66. The highest BCUT2D eigenvalue weighted by Crippen LogP contribution is 2.43. The molecule has 2 bridgehead atoms. The molecule has 4 saturated heterocycles. The largest absolute Gasteiger partial charge is 0.409 e. The second kappa shape index (κ2) is 10.4. The van der Waals surface area contributed by atoms with Crippen molar-refractivity contribution in [1.29, 1.82) is 0 Å². The molecule has 2 N–H and O–H groups in total. The van der Waals surface area contributed by atoms with Gasteiger partial charge in [-0.25, -0.2) is 9.67 Å². The van der Waals surface area contributed by atoms with Crippen LogP contribution in [0.3, 0.4) is 0 Å². The summed E-state index contributed by atoms with van der Waals surface area (Å²) in [6.07, 6.45) is 1.62. The lowest BCUT2D eigenvalue weighted by molar-refractivity contribution is -0.149. The molecule has 4 aliphatic rings. The molecule has 14 heteroatoms. The van der Waals surface area contributed by atoms with Gasteiger partial charge >= 0.3 is 6.18 Å². The predicted octanol–water partition coefficient (Wildman–Crippen LogP) is 3.47. The summed E-state index contributed by atoms with van der Waals surface area (Å²) in [4.78, 5) is 9.37. The summed E-state index contributed by atoms with van der Waals surface area (Å²) in [5.41, 5.74) is 6.53. The normalized spacial score (nSPS) is 28.0. The Hall–Kier alpha value is -2.94. The number of nitrogens with two attached hydrogens (primary N) is 1. The first-order valence-corrected chi connectivity index (χ1v) is 14.4. The molecule has 4 fully saturated rings. The first kappa shape index (κ1) is 26.9. The van der Waals surface area contributed by atoms with Crippen LogP contribution in [-0.4, -0.2) is 88.4 Å². The number of aromatic nitrogens is 5. The van der Waals surface area contributed by atoms with Gasteiger partial charge < -0.3 is 29.7 Å². The van der Waals surface area contributed by atoms with E-state index < -0.39 is 12.2 Å². The van der Waals surface area contributed by atoms with Gasteiger partial charge in [-0.2, -0.15) is 28.1 Å². The van der Waals surface area contributed by atoms with Crippen LogP contribution in [0.5, 0.6) is 0 Å². The number of alkyl halides is 3. The number of fused-ring (bicyclic) bond motifs is 3. The molecule has 0 spiro atoms. The van der Waals surface area contributed by atoms with Crippen molar-refractivity contribution in [3.8, 4) is 5.82 Å². The van der Waals surface area contributed by atoms with Gasteiger partial charge in [0, 0.05) is 37.5 Å². The van der Waals surface area contributed by atoms with Crippen LogP contribution in [0.1, 0.15) is 57.0 Å². The summed E-state index contributed by atoms with van der Waals surface area (Å²) < 4.78 is 63.0. The van der Waals surface area contributed by atoms with Gasteiger partial charge in [-0.05, 0) is 39.0 Å². The SMILES string of the molecule is C[C@@H]1COCCN1c1cc(N2C3CCC2COC3)nc2c1c(C(N)C(F)(F)F)nn2-c1ccn(C2CCCCO2)n1. The summed E-state index contributed by atoms with van der Waals surface area (Å²) in [5.74, 6) is 1.06. The second-order valence-electron chi connectivity index (χ2n) is 11.4. The fourth-order valence-electron chi connectivity index (χ4n) is 6.62. The topological polar surface area (TPSA) is 109 Å². The Morgan fingerprint density at radius 2 is 1.80 bits per heavy atom. The Balaban J connectivity index is 1.44. The number of ether oxygens (including phenoxy) is 3. The third-order valence-corrected chi connectivity index (χ3v) is 8.72. The van der Waals surface area contributed by atoms with Crippen LogP contribution < -0.4 is 15.5 Å². The van der Waals surface area contributed by atoms with Crippen molar-refractivity contribution in [2.45, 2.75) is 75.6 Å². The van der Waals surface area contributed by atoms with Crippen LogP contribution in [-0.2, 0) is 14.2 Å². The van der Waals surface area contributed by atoms with Gasteiger partial charge in [-0.15, -0.1) is 0 Å². The third-order valence-electron chi connectivity index (χ3n) is 8.72. The van der Waals surface area contributed by atoms with Crippen molar-refractivity contribution in [3.63, 3.8) is 0 Å². The third kappa shape index (κ3) is 4.74. The molecule has 222 valence electrons. The first-order chi connectivity index (χ1) is 19.8. The molecule has 7 rings (SSSR count). The Morgan fingerprint density at radius 1 is 1.00 bits per heavy atom. The molecule has 5 atom stereocenters. The van der Waals surface area contributed by atoms with Gasteiger partial charge in [-0.3, -0.25) is 0 Å². The fourth-order valence-corrected chi connectivity index (χ4v) is 6.62. The van der Waals surface area contributed by atoms with Crippen LogP contribution in [0.25, 0.3) is 16.9 Å². The first-order valence-electron chi connectivity index (χ1n) is 14.4. The minimum absolute atomic E-state index is 0.0652. The highest BCUT2D eigenvalue weighted by molar-refractivity contribution is 5.95. The van der Waals surface area contributed by atoms with Crippen molar-refractivity contribution in [2.24, 2.45) is 5.73 Å². The summed E-state index contributed by atoms with van der Waals surface area (Å²) in [6.45, 7) is 5.28. The van der Waals surface area contributed by atoms with Gasteiger partial charge in [0.1, 0.15) is 23.8 Å². The van der Waals surface area contributed by atoms with E-state index in [0.717, 1.165) is 32.1 Å². The van der Waals surface area contributed by atoms with Crippen molar-refractivity contribution >= 4 is 22.5 Å². The zero-order chi connectivity index (χ0) is 28.3. The van der Waals surface area contributed by atoms with E-state index in [-0.39, 0.29) is 35.4 Å². The smallest absolute Gasteiger partial charge is 0.377 e. The maximum absolute atomic E-state index is 14.2. The van der Waals surface area contributed by atoms with E-state index in [4.69, 9.17) is 30.0 Å². The van der Waals surface area contributed by atoms with E-state index in [1.165, 1.54) is 4.68 Å². The van der Waals surface area contributed by atoms with Gasteiger partial charge in [0.2, 0.25) is 0 Å². The monoisotopic (exact) mass is 576 g/mol. The maximum Gasteiger partial charge on any atom is 0.409 e. The van der Waals surface area contributed by atoms with Crippen molar-refractivity contribution in [1.82, 2.24) is 24.5 Å². The molecule has 4 aliphatic heterocycles. The number of hydrogen-bond donors (Lipinski definition) is 1. The zero-order valence-electron chi connectivity index (χ0n) is 23.0. The van der Waals surface area contributed by atoms with Crippen LogP contribution in [0, 0.1) is 0 Å². The maximum atomic E-state index is 14.2. The van der Waals surface area contributed by atoms with E-state index in [1.807, 2.05) is 13.0 Å². The Labute approximate surface area is 235 Å². The standard InChI is InChI=1S/C27H35F3N8O3/c1-16-13-39-11-9-35(16)19-12-21(37-17-5-6-18(37)15-40-14-17)32-26-23(19)24(25(31)27(28,29)30)34-38(26)20-7-8-36(33-20)22-4-2-3-10-41-22/h7-8,12,16-18,22,25H,2-6,9-11,13-15,31H2,1H3/t16-,17?,18?,22?,25?/m1/s1. The minimum atomic E-state index is -4.70. The summed E-state index contributed by atoms with van der Waals surface area (Å²) in [5, 5.41) is 9.48. The molecule has 0 aromatic carbocycles. The Kier molecular flexibility index (Phi) is 6.83. The van der Waals surface area contributed by atoms with Gasteiger partial charge in [0.05, 0.1) is 49.6 Å². The van der Waals surface area contributed by atoms with Gasteiger partial charge in [0.15, 0.2) is 11.5 Å². The van der Waals surface area contributed by atoms with Gasteiger partial charge in [0.25, 0.3) is 0 Å². The summed E-state index contributed by atoms with van der Waals surface area (Å²) in [7, 11) is 0. The molecule has 4 unspecified atom stereocenters. The number of anilines is 2. The second-order valence-corrected chi connectivity index (χ2v) is 11.4.